The van der Waals surface area contributed by atoms with Gasteiger partial charge in [-0.25, -0.2) is 9.59 Å². The van der Waals surface area contributed by atoms with Crippen LogP contribution in [0.3, 0.4) is 0 Å². The van der Waals surface area contributed by atoms with E-state index in [2.05, 4.69) is 5.32 Å². The van der Waals surface area contributed by atoms with E-state index >= 15 is 0 Å². The summed E-state index contributed by atoms with van der Waals surface area (Å²) >= 11 is 0. The number of rotatable bonds is 20. The van der Waals surface area contributed by atoms with Gasteiger partial charge in [-0.1, -0.05) is 20.8 Å². The lowest BCUT2D eigenvalue weighted by Gasteiger charge is -2.49. The number of carbonyl (C=O) groups excluding carboxylic acids is 2. The first-order valence-corrected chi connectivity index (χ1v) is 28.2. The third kappa shape index (κ3) is 16.4. The number of ether oxygens (including phenoxy) is 10. The quantitative estimate of drug-likeness (QED) is 0.0813. The van der Waals surface area contributed by atoms with E-state index in [-0.39, 0.29) is 87.9 Å². The summed E-state index contributed by atoms with van der Waals surface area (Å²) in [5.41, 5.74) is -5.00. The summed E-state index contributed by atoms with van der Waals surface area (Å²) in [5, 5.41) is 60.5. The number of carbonyl (C=O) groups is 3. The summed E-state index contributed by atoms with van der Waals surface area (Å²) in [6.45, 7) is 21.3. The van der Waals surface area contributed by atoms with Crippen molar-refractivity contribution in [3.8, 4) is 5.75 Å². The minimum Gasteiger partial charge on any atom is -0.491 e. The fourth-order valence-electron chi connectivity index (χ4n) is 11.7. The molecular formula is C57H94N4O19. The number of nitrogens with one attached hydrogen (secondary N) is 1. The molecule has 0 spiro atoms. The number of aliphatic hydroxyl groups excluding tert-OH is 2. The van der Waals surface area contributed by atoms with Crippen LogP contribution >= 0.6 is 0 Å². The first kappa shape index (κ1) is 66.7. The van der Waals surface area contributed by atoms with Gasteiger partial charge >= 0.3 is 18.0 Å². The second-order valence-electron chi connectivity index (χ2n) is 23.2. The number of hydrogen-bond donors (Lipinski definition) is 6. The van der Waals surface area contributed by atoms with Crippen molar-refractivity contribution in [3.63, 3.8) is 0 Å². The van der Waals surface area contributed by atoms with Gasteiger partial charge in [-0.05, 0) is 114 Å². The first-order valence-electron chi connectivity index (χ1n) is 28.2. The summed E-state index contributed by atoms with van der Waals surface area (Å²) in [7, 11) is 7.04. The van der Waals surface area contributed by atoms with E-state index in [0.29, 0.717) is 30.8 Å². The van der Waals surface area contributed by atoms with Crippen molar-refractivity contribution in [2.75, 3.05) is 74.4 Å². The molecule has 0 bridgehead atoms. The Morgan fingerprint density at radius 2 is 1.56 bits per heavy atom. The number of pyridine rings is 1. The van der Waals surface area contributed by atoms with Crippen LogP contribution in [0.2, 0.25) is 0 Å². The fraction of sp³-hybridized carbons (Fsp3) is 0.789. The van der Waals surface area contributed by atoms with Crippen molar-refractivity contribution in [3.05, 3.63) is 40.2 Å². The SMILES string of the molecule is CC[C@H]1OC(=O)[C@H](C)[C@@H](O[C@H]2C[C@@](C)(OC)[C@@H](OC(=O)NCCOCCOCCOc3ccc4c(=O)c(C(=O)O)cn(CC)c4c3)[C@H](C)O2)[C@H](C)[C@@H](O[C@@H]2O[C@H](C)C[C@H](N(C)C)[C@H]2O)[C@](C)(O)C[C@@H](C)CN(C)[C@H](C)[C@@H](O)[C@]1(C)O. The number of cyclic esters (lactones) is 1. The van der Waals surface area contributed by atoms with Crippen LogP contribution in [0, 0.1) is 17.8 Å². The molecule has 1 aromatic heterocycles. The van der Waals surface area contributed by atoms with Crippen LogP contribution in [0.15, 0.2) is 29.2 Å². The number of benzene rings is 1. The number of esters is 1. The molecule has 5 rings (SSSR count). The Morgan fingerprint density at radius 1 is 0.900 bits per heavy atom. The second kappa shape index (κ2) is 28.9. The number of methoxy groups -OCH3 is 1. The Labute approximate surface area is 471 Å². The normalized spacial score (nSPS) is 36.2. The Bertz CT molecular complexity index is 2390. The minimum absolute atomic E-state index is 0.0117. The summed E-state index contributed by atoms with van der Waals surface area (Å²) in [6, 6.07) is 3.93. The second-order valence-corrected chi connectivity index (χ2v) is 23.2. The Balaban J connectivity index is 1.24. The summed E-state index contributed by atoms with van der Waals surface area (Å²) in [6.07, 6.45) is -8.72. The Morgan fingerprint density at radius 3 is 2.19 bits per heavy atom. The number of carboxylic acids is 1. The molecule has 1 amide bonds. The van der Waals surface area contributed by atoms with Crippen LogP contribution in [0.5, 0.6) is 5.75 Å². The number of fused-ring (bicyclic) bond motifs is 1. The molecule has 23 nitrogen and oxygen atoms in total. The highest BCUT2D eigenvalue weighted by molar-refractivity contribution is 5.92. The molecule has 80 heavy (non-hydrogen) atoms. The van der Waals surface area contributed by atoms with E-state index < -0.39 is 113 Å². The van der Waals surface area contributed by atoms with Gasteiger partial charge in [0.25, 0.3) is 0 Å². The van der Waals surface area contributed by atoms with Gasteiger partial charge in [-0.2, -0.15) is 0 Å². The summed E-state index contributed by atoms with van der Waals surface area (Å²) in [5.74, 6) is -3.70. The number of aromatic carboxylic acids is 1. The van der Waals surface area contributed by atoms with E-state index in [1.165, 1.54) is 20.2 Å². The smallest absolute Gasteiger partial charge is 0.407 e. The molecule has 0 aliphatic carbocycles. The van der Waals surface area contributed by atoms with E-state index in [4.69, 9.17) is 47.4 Å². The lowest BCUT2D eigenvalue weighted by atomic mass is 9.77. The molecule has 23 heteroatoms. The van der Waals surface area contributed by atoms with Crippen molar-refractivity contribution in [2.45, 2.75) is 199 Å². The molecule has 6 N–H and O–H groups in total. The highest BCUT2D eigenvalue weighted by Crippen LogP contribution is 2.41. The van der Waals surface area contributed by atoms with E-state index in [1.54, 1.807) is 71.2 Å². The number of aryl methyl sites for hydroxylation is 1. The number of hydrogen-bond acceptors (Lipinski definition) is 20. The standard InChI is InChI=1S/C57H94N4O19/c1-16-43-57(11,70)48(64)36(7)60(14)30-32(3)28-55(9,69)49(79-53-46(63)42(59(12)13)26-33(4)75-53)34(5)47(35(6)52(67)77-43)78-44-29-56(10,71-15)50(37(8)76-44)80-54(68)58-20-21-72-22-23-73-24-25-74-38-18-19-39-41(27-38)61(17-2)31-40(45(39)62)51(65)66/h18-19,27,31-37,42-44,46-50,53,63-64,69-70H,16-17,20-26,28-30H2,1-15H3,(H,58,68)(H,65,66)/t32-,33-,34+,35-,36-,37+,42+,43-,44+,46-,47+,48-,49-,50+,53+,55-,56-,57-/m1/s1. The number of likely N-dealkylation sites (N-methyl/N-ethyl adjacent to an activating group) is 2. The van der Waals surface area contributed by atoms with E-state index in [0.717, 1.165) is 0 Å². The predicted molar refractivity (Wildman–Crippen MR) is 294 cm³/mol. The monoisotopic (exact) mass is 1140 g/mol. The maximum absolute atomic E-state index is 14.6. The van der Waals surface area contributed by atoms with Gasteiger partial charge in [-0.15, -0.1) is 0 Å². The number of carboxylic acid groups (broad SMARTS) is 1. The fourth-order valence-corrected chi connectivity index (χ4v) is 11.7. The van der Waals surface area contributed by atoms with Crippen molar-refractivity contribution in [1.29, 1.82) is 0 Å². The van der Waals surface area contributed by atoms with Crippen molar-refractivity contribution < 1.29 is 87.3 Å². The Kier molecular flexibility index (Phi) is 24.1. The molecule has 0 radical (unpaired) electrons. The molecule has 0 unspecified atom stereocenters. The van der Waals surface area contributed by atoms with Gasteiger partial charge in [0.1, 0.15) is 47.4 Å². The predicted octanol–water partition coefficient (Wildman–Crippen LogP) is 3.78. The Hall–Kier alpha value is -4.08. The van der Waals surface area contributed by atoms with Gasteiger partial charge in [0.2, 0.25) is 5.43 Å². The number of aliphatic hydroxyl groups is 4. The summed E-state index contributed by atoms with van der Waals surface area (Å²) < 4.78 is 63.4. The molecule has 3 aliphatic heterocycles. The maximum Gasteiger partial charge on any atom is 0.407 e. The molecule has 3 fully saturated rings. The molecule has 0 saturated carbocycles. The van der Waals surface area contributed by atoms with Crippen LogP contribution in [0.1, 0.15) is 112 Å². The lowest BCUT2D eigenvalue weighted by molar-refractivity contribution is -0.317. The number of aromatic nitrogens is 1. The lowest BCUT2D eigenvalue weighted by Crippen LogP contribution is -2.61. The van der Waals surface area contributed by atoms with Gasteiger partial charge in [0, 0.05) is 68.8 Å². The number of nitrogens with zero attached hydrogens (tertiary/aromatic N) is 3. The molecule has 456 valence electrons. The molecular weight excluding hydrogens is 1040 g/mol. The topological polar surface area (TPSA) is 285 Å². The third-order valence-corrected chi connectivity index (χ3v) is 16.4. The molecule has 18 atom stereocenters. The van der Waals surface area contributed by atoms with Crippen molar-refractivity contribution in [2.24, 2.45) is 17.8 Å². The molecule has 2 aromatic rings. The van der Waals surface area contributed by atoms with Crippen molar-refractivity contribution in [1.82, 2.24) is 19.7 Å². The van der Waals surface area contributed by atoms with Crippen LogP contribution in [0.25, 0.3) is 10.9 Å². The highest BCUT2D eigenvalue weighted by atomic mass is 16.7. The van der Waals surface area contributed by atoms with Gasteiger partial charge in [0.05, 0.1) is 67.9 Å². The maximum atomic E-state index is 14.6. The third-order valence-electron chi connectivity index (χ3n) is 16.4. The zero-order valence-electron chi connectivity index (χ0n) is 49.7. The average molecular weight is 1140 g/mol. The van der Waals surface area contributed by atoms with Gasteiger partial charge < -0.3 is 92.6 Å². The molecule has 1 aromatic carbocycles. The highest BCUT2D eigenvalue weighted by Gasteiger charge is 2.54. The van der Waals surface area contributed by atoms with Gasteiger partial charge in [-0.3, -0.25) is 9.59 Å². The number of amides is 1. The van der Waals surface area contributed by atoms with Crippen molar-refractivity contribution >= 4 is 28.9 Å². The summed E-state index contributed by atoms with van der Waals surface area (Å²) in [4.78, 5) is 55.9. The first-order chi connectivity index (χ1) is 37.5. The zero-order chi connectivity index (χ0) is 59.6. The molecule has 3 saturated heterocycles. The molecule has 4 heterocycles. The minimum atomic E-state index is -1.87. The average Bonchev–Trinajstić information content (AvgIpc) is 3.39. The van der Waals surface area contributed by atoms with E-state index in [1.807, 2.05) is 51.7 Å². The van der Waals surface area contributed by atoms with Crippen LogP contribution < -0.4 is 15.5 Å². The van der Waals surface area contributed by atoms with Crippen LogP contribution in [-0.2, 0) is 54.0 Å². The van der Waals surface area contributed by atoms with Crippen LogP contribution in [-0.4, -0.2) is 223 Å². The van der Waals surface area contributed by atoms with Crippen LogP contribution in [0.4, 0.5) is 4.79 Å². The van der Waals surface area contributed by atoms with E-state index in [9.17, 15) is 44.7 Å². The molecule has 3 aliphatic rings. The van der Waals surface area contributed by atoms with Gasteiger partial charge in [0.15, 0.2) is 18.7 Å². The number of alkyl carbamates (subject to hydrolysis) is 1. The largest absolute Gasteiger partial charge is 0.491 e. The zero-order valence-corrected chi connectivity index (χ0v) is 49.7.